The number of fused-ring (bicyclic) bond motifs is 4. The number of hydrogen-bond acceptors (Lipinski definition) is 7. The van der Waals surface area contributed by atoms with Gasteiger partial charge < -0.3 is 34.8 Å². The largest absolute Gasteiger partial charge is 0.454 e. The molecule has 2 aliphatic heterocycles. The molecular formula is C21H21NO7. The van der Waals surface area contributed by atoms with Crippen LogP contribution in [0.2, 0.25) is 0 Å². The molecule has 152 valence electrons. The Morgan fingerprint density at radius 3 is 2.48 bits per heavy atom. The smallest absolute Gasteiger partial charge is 0.252 e. The van der Waals surface area contributed by atoms with E-state index in [2.05, 4.69) is 5.32 Å². The van der Waals surface area contributed by atoms with Gasteiger partial charge in [-0.3, -0.25) is 4.79 Å². The molecule has 6 atom stereocenters. The van der Waals surface area contributed by atoms with Crippen molar-refractivity contribution in [3.63, 3.8) is 0 Å². The van der Waals surface area contributed by atoms with Crippen LogP contribution >= 0.6 is 0 Å². The van der Waals surface area contributed by atoms with Gasteiger partial charge in [-0.2, -0.15) is 0 Å². The highest BCUT2D eigenvalue weighted by Crippen LogP contribution is 2.44. The maximum Gasteiger partial charge on any atom is 0.252 e. The first kappa shape index (κ1) is 18.4. The summed E-state index contributed by atoms with van der Waals surface area (Å²) in [6.07, 6.45) is -4.83. The second kappa shape index (κ2) is 7.00. The highest BCUT2D eigenvalue weighted by atomic mass is 16.7. The molecule has 3 aliphatic rings. The first-order valence-corrected chi connectivity index (χ1v) is 9.48. The quantitative estimate of drug-likeness (QED) is 0.586. The third-order valence-electron chi connectivity index (χ3n) is 5.88. The molecule has 0 spiro atoms. The summed E-state index contributed by atoms with van der Waals surface area (Å²) in [5.41, 5.74) is 1.76. The molecule has 0 radical (unpaired) electrons. The molecule has 2 aromatic rings. The predicted octanol–water partition coefficient (Wildman–Crippen LogP) is 0.293. The summed E-state index contributed by atoms with van der Waals surface area (Å²) < 4.78 is 16.6. The van der Waals surface area contributed by atoms with Gasteiger partial charge in [0.2, 0.25) is 6.79 Å². The molecule has 1 fully saturated rings. The van der Waals surface area contributed by atoms with Gasteiger partial charge in [0.1, 0.15) is 18.3 Å². The minimum absolute atomic E-state index is 0.0562. The average Bonchev–Trinajstić information content (AvgIpc) is 3.19. The van der Waals surface area contributed by atoms with Crippen LogP contribution in [-0.2, 0) is 11.3 Å². The Bertz CT molecular complexity index is 934. The molecule has 0 bridgehead atoms. The predicted molar refractivity (Wildman–Crippen MR) is 99.6 cm³/mol. The number of nitrogens with one attached hydrogen (secondary N) is 1. The second-order valence-electron chi connectivity index (χ2n) is 7.55. The van der Waals surface area contributed by atoms with Gasteiger partial charge >= 0.3 is 0 Å². The Labute approximate surface area is 166 Å². The Hall–Kier alpha value is -2.65. The van der Waals surface area contributed by atoms with E-state index in [-0.39, 0.29) is 13.4 Å². The van der Waals surface area contributed by atoms with E-state index in [1.165, 1.54) is 0 Å². The molecule has 0 aromatic heterocycles. The van der Waals surface area contributed by atoms with Crippen LogP contribution in [0.1, 0.15) is 27.4 Å². The maximum atomic E-state index is 12.6. The number of carbonyl (C=O) groups is 1. The molecule has 2 heterocycles. The highest BCUT2D eigenvalue weighted by Gasteiger charge is 2.54. The van der Waals surface area contributed by atoms with Gasteiger partial charge in [0, 0.05) is 11.5 Å². The summed E-state index contributed by atoms with van der Waals surface area (Å²) in [4.78, 5) is 12.6. The molecular weight excluding hydrogens is 378 g/mol. The third-order valence-corrected chi connectivity index (χ3v) is 5.88. The van der Waals surface area contributed by atoms with Crippen LogP contribution < -0.4 is 14.8 Å². The highest BCUT2D eigenvalue weighted by molar-refractivity contribution is 5.98. The molecule has 29 heavy (non-hydrogen) atoms. The number of aliphatic hydroxyl groups is 3. The molecule has 4 N–H and O–H groups in total. The van der Waals surface area contributed by atoms with E-state index < -0.39 is 42.3 Å². The lowest BCUT2D eigenvalue weighted by Gasteiger charge is -2.48. The zero-order valence-corrected chi connectivity index (χ0v) is 15.4. The van der Waals surface area contributed by atoms with Crippen molar-refractivity contribution in [2.75, 3.05) is 6.79 Å². The van der Waals surface area contributed by atoms with Crippen LogP contribution in [0.5, 0.6) is 11.5 Å². The number of amides is 1. The second-order valence-corrected chi connectivity index (χ2v) is 7.55. The van der Waals surface area contributed by atoms with Crippen molar-refractivity contribution in [3.05, 3.63) is 59.2 Å². The Morgan fingerprint density at radius 2 is 1.72 bits per heavy atom. The SMILES string of the molecule is O=C1N[C@H]2[C@H](O)[C@H](O)[C@@H](OCc3ccccc3)[C@H](O)[C@@H]2c2cc3c(cc21)OCO3. The summed E-state index contributed by atoms with van der Waals surface area (Å²) in [5, 5.41) is 35.1. The van der Waals surface area contributed by atoms with Crippen molar-refractivity contribution in [1.82, 2.24) is 5.32 Å². The van der Waals surface area contributed by atoms with Gasteiger partial charge in [-0.25, -0.2) is 0 Å². The van der Waals surface area contributed by atoms with E-state index in [0.29, 0.717) is 22.6 Å². The van der Waals surface area contributed by atoms with Crippen molar-refractivity contribution in [2.24, 2.45) is 0 Å². The van der Waals surface area contributed by atoms with Crippen LogP contribution in [0, 0.1) is 0 Å². The van der Waals surface area contributed by atoms with E-state index in [9.17, 15) is 20.1 Å². The lowest BCUT2D eigenvalue weighted by Crippen LogP contribution is -2.67. The van der Waals surface area contributed by atoms with Crippen molar-refractivity contribution < 1.29 is 34.3 Å². The molecule has 0 unspecified atom stereocenters. The molecule has 5 rings (SSSR count). The third kappa shape index (κ3) is 2.96. The number of hydrogen-bond donors (Lipinski definition) is 4. The first-order chi connectivity index (χ1) is 14.0. The number of rotatable bonds is 3. The van der Waals surface area contributed by atoms with E-state index >= 15 is 0 Å². The summed E-state index contributed by atoms with van der Waals surface area (Å²) in [6, 6.07) is 11.8. The average molecular weight is 399 g/mol. The van der Waals surface area contributed by atoms with Crippen molar-refractivity contribution in [1.29, 1.82) is 0 Å². The van der Waals surface area contributed by atoms with Crippen LogP contribution in [0.3, 0.4) is 0 Å². The fraction of sp³-hybridized carbons (Fsp3) is 0.381. The van der Waals surface area contributed by atoms with Crippen LogP contribution in [0.25, 0.3) is 0 Å². The van der Waals surface area contributed by atoms with Crippen LogP contribution in [0.4, 0.5) is 0 Å². The van der Waals surface area contributed by atoms with Crippen LogP contribution in [-0.4, -0.2) is 58.5 Å². The molecule has 8 nitrogen and oxygen atoms in total. The number of benzene rings is 2. The van der Waals surface area contributed by atoms with E-state index in [4.69, 9.17) is 14.2 Å². The number of aliphatic hydroxyl groups excluding tert-OH is 3. The lowest BCUT2D eigenvalue weighted by molar-refractivity contribution is -0.180. The zero-order chi connectivity index (χ0) is 20.1. The maximum absolute atomic E-state index is 12.6. The summed E-state index contributed by atoms with van der Waals surface area (Å²) in [7, 11) is 0. The van der Waals surface area contributed by atoms with Crippen LogP contribution in [0.15, 0.2) is 42.5 Å². The molecule has 1 saturated carbocycles. The van der Waals surface area contributed by atoms with Gasteiger partial charge in [-0.05, 0) is 23.3 Å². The standard InChI is InChI=1S/C21H21NO7/c23-17-15-11-6-13-14(29-9-28-13)7-12(11)21(26)22-16(15)18(24)19(25)20(17)27-8-10-4-2-1-3-5-10/h1-7,15-20,23-25H,8-9H2,(H,22,26)/t15-,16-,17-,18+,19+,20+/m1/s1. The van der Waals surface area contributed by atoms with Gasteiger partial charge in [0.25, 0.3) is 5.91 Å². The molecule has 1 amide bonds. The van der Waals surface area contributed by atoms with Gasteiger partial charge in [0.15, 0.2) is 11.5 Å². The normalized spacial score (nSPS) is 32.3. The molecule has 1 aliphatic carbocycles. The summed E-state index contributed by atoms with van der Waals surface area (Å²) in [6.45, 7) is 0.227. The van der Waals surface area contributed by atoms with E-state index in [1.807, 2.05) is 30.3 Å². The number of carbonyl (C=O) groups excluding carboxylic acids is 1. The van der Waals surface area contributed by atoms with Gasteiger partial charge in [-0.1, -0.05) is 30.3 Å². The fourth-order valence-corrected chi connectivity index (χ4v) is 4.41. The Morgan fingerprint density at radius 1 is 1.00 bits per heavy atom. The minimum atomic E-state index is -1.36. The molecule has 8 heteroatoms. The molecule has 0 saturated heterocycles. The van der Waals surface area contributed by atoms with E-state index in [1.54, 1.807) is 12.1 Å². The minimum Gasteiger partial charge on any atom is -0.454 e. The van der Waals surface area contributed by atoms with E-state index in [0.717, 1.165) is 5.56 Å². The number of ether oxygens (including phenoxy) is 3. The summed E-state index contributed by atoms with van der Waals surface area (Å²) in [5.74, 6) is -0.134. The monoisotopic (exact) mass is 399 g/mol. The molecule has 2 aromatic carbocycles. The lowest BCUT2D eigenvalue weighted by atomic mass is 9.70. The Balaban J connectivity index is 1.48. The Kier molecular flexibility index (Phi) is 4.44. The topological polar surface area (TPSA) is 117 Å². The first-order valence-electron chi connectivity index (χ1n) is 9.48. The fourth-order valence-electron chi connectivity index (χ4n) is 4.41. The van der Waals surface area contributed by atoms with Crippen molar-refractivity contribution >= 4 is 5.91 Å². The van der Waals surface area contributed by atoms with Gasteiger partial charge in [-0.15, -0.1) is 0 Å². The van der Waals surface area contributed by atoms with Crippen molar-refractivity contribution in [2.45, 2.75) is 43.0 Å². The zero-order valence-electron chi connectivity index (χ0n) is 15.4. The van der Waals surface area contributed by atoms with Gasteiger partial charge in [0.05, 0.1) is 18.8 Å². The summed E-state index contributed by atoms with van der Waals surface area (Å²) >= 11 is 0. The van der Waals surface area contributed by atoms with Crippen molar-refractivity contribution in [3.8, 4) is 11.5 Å².